The van der Waals surface area contributed by atoms with Crippen LogP contribution < -0.4 is 15.5 Å². The normalized spacial score (nSPS) is 14.6. The van der Waals surface area contributed by atoms with E-state index in [1.54, 1.807) is 0 Å². The molecule has 0 saturated carbocycles. The van der Waals surface area contributed by atoms with Gasteiger partial charge < -0.3 is 20.1 Å². The largest absolute Gasteiger partial charge is 0.371 e. The average molecular weight is 442 g/mol. The summed E-state index contributed by atoms with van der Waals surface area (Å²) in [5.74, 6) is 1.10. The number of aromatic nitrogens is 2. The number of carbonyl (C=O) groups excluding carboxylic acids is 2. The molecule has 2 heterocycles. The zero-order chi connectivity index (χ0) is 22.9. The molecule has 0 radical (unpaired) electrons. The Morgan fingerprint density at radius 2 is 2.00 bits per heavy atom. The van der Waals surface area contributed by atoms with Gasteiger partial charge in [0.25, 0.3) is 0 Å². The molecule has 1 aliphatic heterocycles. The van der Waals surface area contributed by atoms with Crippen molar-refractivity contribution in [3.05, 3.63) is 36.0 Å². The highest BCUT2D eigenvalue weighted by atomic mass is 16.5. The van der Waals surface area contributed by atoms with E-state index in [1.807, 2.05) is 39.0 Å². The van der Waals surface area contributed by atoms with Crippen LogP contribution in [0.5, 0.6) is 0 Å². The third-order valence-corrected chi connectivity index (χ3v) is 5.61. The Morgan fingerprint density at radius 3 is 2.69 bits per heavy atom. The Hall–Kier alpha value is -2.90. The molecular weight excluding hydrogens is 406 g/mol. The summed E-state index contributed by atoms with van der Waals surface area (Å²) in [6.45, 7) is 8.11. The molecule has 2 aromatic rings. The smallest absolute Gasteiger partial charge is 0.246 e. The molecule has 0 aliphatic carbocycles. The predicted molar refractivity (Wildman–Crippen MR) is 125 cm³/mol. The summed E-state index contributed by atoms with van der Waals surface area (Å²) in [5.41, 5.74) is 1.88. The molecule has 2 N–H and O–H groups in total. The second-order valence-corrected chi connectivity index (χ2v) is 8.70. The van der Waals surface area contributed by atoms with Crippen molar-refractivity contribution >= 4 is 23.2 Å². The Kier molecular flexibility index (Phi) is 8.64. The molecule has 3 rings (SSSR count). The minimum absolute atomic E-state index is 0.145. The number of nitrogens with one attached hydrogen (secondary N) is 2. The number of amides is 2. The van der Waals surface area contributed by atoms with E-state index in [-0.39, 0.29) is 17.7 Å². The lowest BCUT2D eigenvalue weighted by molar-refractivity contribution is -0.126. The quantitative estimate of drug-likeness (QED) is 0.546. The van der Waals surface area contributed by atoms with Crippen LogP contribution in [-0.4, -0.2) is 41.1 Å². The van der Waals surface area contributed by atoms with Gasteiger partial charge in [0.2, 0.25) is 17.7 Å². The van der Waals surface area contributed by atoms with E-state index < -0.39 is 6.04 Å². The van der Waals surface area contributed by atoms with Gasteiger partial charge in [0.15, 0.2) is 5.82 Å². The molecule has 0 bridgehead atoms. The van der Waals surface area contributed by atoms with Gasteiger partial charge in [0.1, 0.15) is 6.04 Å². The van der Waals surface area contributed by atoms with Crippen LogP contribution in [-0.2, 0) is 16.0 Å². The van der Waals surface area contributed by atoms with Crippen LogP contribution in [0.1, 0.15) is 76.9 Å². The minimum Gasteiger partial charge on any atom is -0.371 e. The standard InChI is InChI=1S/C24H35N5O3/c1-4-9-20(26-21(30)12-8-13-22-27-23(17(2)3)28-32-22)24(31)25-18-10-7-11-19(16-18)29-14-5-6-15-29/h7,10-11,16-17,20H,4-6,8-9,12-15H2,1-3H3,(H,25,31)(H,26,30)/t20-/m0/s1. The molecule has 1 fully saturated rings. The summed E-state index contributed by atoms with van der Waals surface area (Å²) >= 11 is 0. The molecule has 32 heavy (non-hydrogen) atoms. The molecule has 8 nitrogen and oxygen atoms in total. The first kappa shape index (κ1) is 23.8. The molecule has 8 heteroatoms. The van der Waals surface area contributed by atoms with Gasteiger partial charge in [-0.3, -0.25) is 9.59 Å². The Labute approximate surface area is 190 Å². The maximum atomic E-state index is 12.9. The van der Waals surface area contributed by atoms with Gasteiger partial charge in [-0.2, -0.15) is 4.98 Å². The monoisotopic (exact) mass is 441 g/mol. The maximum Gasteiger partial charge on any atom is 0.246 e. The lowest BCUT2D eigenvalue weighted by Gasteiger charge is -2.20. The van der Waals surface area contributed by atoms with Crippen LogP contribution in [0.3, 0.4) is 0 Å². The number of hydrogen-bond donors (Lipinski definition) is 2. The van der Waals surface area contributed by atoms with E-state index in [9.17, 15) is 9.59 Å². The minimum atomic E-state index is -0.557. The van der Waals surface area contributed by atoms with Gasteiger partial charge in [0.05, 0.1) is 0 Å². The van der Waals surface area contributed by atoms with Gasteiger partial charge in [-0.15, -0.1) is 0 Å². The average Bonchev–Trinajstić information content (AvgIpc) is 3.46. The van der Waals surface area contributed by atoms with Crippen molar-refractivity contribution in [2.45, 2.75) is 77.7 Å². The summed E-state index contributed by atoms with van der Waals surface area (Å²) in [4.78, 5) is 32.0. The first-order valence-electron chi connectivity index (χ1n) is 11.7. The first-order valence-corrected chi connectivity index (χ1v) is 11.7. The van der Waals surface area contributed by atoms with Crippen molar-refractivity contribution < 1.29 is 14.1 Å². The van der Waals surface area contributed by atoms with Crippen molar-refractivity contribution in [3.63, 3.8) is 0 Å². The SMILES string of the molecule is CCC[C@H](NC(=O)CCCc1nc(C(C)C)no1)C(=O)Nc1cccc(N2CCCC2)c1. The van der Waals surface area contributed by atoms with Gasteiger partial charge >= 0.3 is 0 Å². The van der Waals surface area contributed by atoms with Crippen LogP contribution in [0.25, 0.3) is 0 Å². The molecule has 0 unspecified atom stereocenters. The van der Waals surface area contributed by atoms with E-state index in [2.05, 4.69) is 31.7 Å². The number of hydrogen-bond acceptors (Lipinski definition) is 6. The fourth-order valence-electron chi connectivity index (χ4n) is 3.81. The molecule has 1 atom stereocenters. The fourth-order valence-corrected chi connectivity index (χ4v) is 3.81. The summed E-state index contributed by atoms with van der Waals surface area (Å²) < 4.78 is 5.22. The Balaban J connectivity index is 1.49. The molecule has 2 amide bonds. The molecular formula is C24H35N5O3. The van der Waals surface area contributed by atoms with Crippen LogP contribution in [0.4, 0.5) is 11.4 Å². The van der Waals surface area contributed by atoms with Crippen molar-refractivity contribution in [1.29, 1.82) is 0 Å². The first-order chi connectivity index (χ1) is 15.5. The molecule has 0 spiro atoms. The van der Waals surface area contributed by atoms with Crippen molar-refractivity contribution in [2.24, 2.45) is 0 Å². The van der Waals surface area contributed by atoms with Crippen LogP contribution in [0, 0.1) is 0 Å². The van der Waals surface area contributed by atoms with Gasteiger partial charge in [0, 0.05) is 43.2 Å². The van der Waals surface area contributed by atoms with E-state index in [0.717, 1.165) is 30.9 Å². The number of anilines is 2. The Bertz CT molecular complexity index is 889. The fraction of sp³-hybridized carbons (Fsp3) is 0.583. The van der Waals surface area contributed by atoms with Crippen LogP contribution >= 0.6 is 0 Å². The van der Waals surface area contributed by atoms with Crippen molar-refractivity contribution in [2.75, 3.05) is 23.3 Å². The number of benzene rings is 1. The summed E-state index contributed by atoms with van der Waals surface area (Å²) in [6, 6.07) is 7.36. The second kappa shape index (κ2) is 11.6. The van der Waals surface area contributed by atoms with Crippen molar-refractivity contribution in [1.82, 2.24) is 15.5 Å². The van der Waals surface area contributed by atoms with E-state index in [1.165, 1.54) is 12.8 Å². The van der Waals surface area contributed by atoms with Crippen LogP contribution in [0.15, 0.2) is 28.8 Å². The molecule has 1 saturated heterocycles. The van der Waals surface area contributed by atoms with Gasteiger partial charge in [-0.25, -0.2) is 0 Å². The topological polar surface area (TPSA) is 100 Å². The zero-order valence-electron chi connectivity index (χ0n) is 19.4. The van der Waals surface area contributed by atoms with E-state index >= 15 is 0 Å². The summed E-state index contributed by atoms with van der Waals surface area (Å²) in [7, 11) is 0. The third kappa shape index (κ3) is 6.80. The molecule has 1 aliphatic rings. The molecule has 1 aromatic heterocycles. The summed E-state index contributed by atoms with van der Waals surface area (Å²) in [5, 5.41) is 9.80. The van der Waals surface area contributed by atoms with Crippen LogP contribution in [0.2, 0.25) is 0 Å². The molecule has 1 aromatic carbocycles. The number of aryl methyl sites for hydroxylation is 1. The highest BCUT2D eigenvalue weighted by Crippen LogP contribution is 2.23. The van der Waals surface area contributed by atoms with Crippen molar-refractivity contribution in [3.8, 4) is 0 Å². The lowest BCUT2D eigenvalue weighted by atomic mass is 10.1. The highest BCUT2D eigenvalue weighted by molar-refractivity contribution is 5.97. The van der Waals surface area contributed by atoms with E-state index in [4.69, 9.17) is 4.52 Å². The second-order valence-electron chi connectivity index (χ2n) is 8.70. The number of carbonyl (C=O) groups is 2. The zero-order valence-corrected chi connectivity index (χ0v) is 19.4. The third-order valence-electron chi connectivity index (χ3n) is 5.61. The lowest BCUT2D eigenvalue weighted by Crippen LogP contribution is -2.43. The van der Waals surface area contributed by atoms with E-state index in [0.29, 0.717) is 37.4 Å². The summed E-state index contributed by atoms with van der Waals surface area (Å²) in [6.07, 6.45) is 5.22. The highest BCUT2D eigenvalue weighted by Gasteiger charge is 2.21. The predicted octanol–water partition coefficient (Wildman–Crippen LogP) is 4.04. The van der Waals surface area contributed by atoms with Gasteiger partial charge in [-0.05, 0) is 43.9 Å². The van der Waals surface area contributed by atoms with Gasteiger partial charge in [-0.1, -0.05) is 38.4 Å². The molecule has 174 valence electrons. The number of nitrogens with zero attached hydrogens (tertiary/aromatic N) is 3. The number of rotatable bonds is 11. The Morgan fingerprint density at radius 1 is 1.22 bits per heavy atom. The maximum absolute atomic E-state index is 12.9.